The first kappa shape index (κ1) is 23.5. The minimum atomic E-state index is -0.186. The Bertz CT molecular complexity index is 612. The summed E-state index contributed by atoms with van der Waals surface area (Å²) in [5.41, 5.74) is 1.08. The highest BCUT2D eigenvalue weighted by Gasteiger charge is 2.33. The predicted octanol–water partition coefficient (Wildman–Crippen LogP) is 3.44. The molecule has 28 heavy (non-hydrogen) atoms. The molecule has 2 fully saturated rings. The molecule has 8 heteroatoms. The van der Waals surface area contributed by atoms with Crippen molar-refractivity contribution in [1.29, 1.82) is 0 Å². The van der Waals surface area contributed by atoms with Gasteiger partial charge in [0.15, 0.2) is 5.96 Å². The van der Waals surface area contributed by atoms with Crippen LogP contribution in [0, 0.1) is 5.82 Å². The molecule has 2 aliphatic heterocycles. The van der Waals surface area contributed by atoms with Gasteiger partial charge in [0.2, 0.25) is 0 Å². The molecular weight excluding hydrogens is 490 g/mol. The zero-order chi connectivity index (χ0) is 19.1. The Hall–Kier alpha value is -0.740. The standard InChI is InChI=1S/C20H31FN4OS.HI/c1-3-27-20(8-14-26-15-9-20)16-23-19(22-2)25-12-10-24(11-13-25)18-6-4-17(21)5-7-18;/h4-7H,3,8-16H2,1-2H3,(H,22,23);1H. The summed E-state index contributed by atoms with van der Waals surface area (Å²) >= 11 is 2.04. The SMILES string of the molecule is CCSC1(CNC(=NC)N2CCN(c3ccc(F)cc3)CC2)CCOCC1.I. The van der Waals surface area contributed by atoms with E-state index in [0.29, 0.717) is 0 Å². The van der Waals surface area contributed by atoms with Crippen molar-refractivity contribution in [3.05, 3.63) is 30.1 Å². The molecule has 1 aromatic carbocycles. The molecule has 3 rings (SSSR count). The van der Waals surface area contributed by atoms with Crippen LogP contribution in [0.4, 0.5) is 10.1 Å². The van der Waals surface area contributed by atoms with Crippen molar-refractivity contribution in [1.82, 2.24) is 10.2 Å². The second-order valence-corrected chi connectivity index (χ2v) is 8.81. The Morgan fingerprint density at radius 2 is 1.82 bits per heavy atom. The maximum absolute atomic E-state index is 13.1. The van der Waals surface area contributed by atoms with E-state index in [1.54, 1.807) is 0 Å². The number of benzene rings is 1. The highest BCUT2D eigenvalue weighted by molar-refractivity contribution is 14.0. The van der Waals surface area contributed by atoms with Crippen LogP contribution >= 0.6 is 35.7 Å². The molecule has 1 aromatic rings. The molecule has 0 unspecified atom stereocenters. The number of ether oxygens (including phenoxy) is 1. The van der Waals surface area contributed by atoms with E-state index in [-0.39, 0.29) is 34.5 Å². The zero-order valence-electron chi connectivity index (χ0n) is 16.8. The maximum atomic E-state index is 13.1. The molecule has 0 atom stereocenters. The summed E-state index contributed by atoms with van der Waals surface area (Å²) in [5.74, 6) is 1.92. The van der Waals surface area contributed by atoms with Crippen LogP contribution in [0.1, 0.15) is 19.8 Å². The van der Waals surface area contributed by atoms with E-state index in [1.807, 2.05) is 30.9 Å². The average Bonchev–Trinajstić information content (AvgIpc) is 2.70. The summed E-state index contributed by atoms with van der Waals surface area (Å²) in [5, 5.41) is 3.63. The number of nitrogens with one attached hydrogen (secondary N) is 1. The number of piperazine rings is 1. The lowest BCUT2D eigenvalue weighted by Gasteiger charge is -2.40. The van der Waals surface area contributed by atoms with Gasteiger partial charge in [0.25, 0.3) is 0 Å². The van der Waals surface area contributed by atoms with Crippen molar-refractivity contribution in [2.75, 3.05) is 63.6 Å². The molecule has 0 aromatic heterocycles. The molecular formula is C20H32FIN4OS. The summed E-state index contributed by atoms with van der Waals surface area (Å²) in [6.45, 7) is 8.50. The van der Waals surface area contributed by atoms with E-state index in [1.165, 1.54) is 12.1 Å². The molecule has 2 aliphatic rings. The fraction of sp³-hybridized carbons (Fsp3) is 0.650. The molecule has 1 N–H and O–H groups in total. The number of hydrogen-bond donors (Lipinski definition) is 1. The second-order valence-electron chi connectivity index (χ2n) is 7.08. The maximum Gasteiger partial charge on any atom is 0.193 e. The third kappa shape index (κ3) is 6.13. The van der Waals surface area contributed by atoms with E-state index in [2.05, 4.69) is 27.0 Å². The van der Waals surface area contributed by atoms with Gasteiger partial charge in [-0.1, -0.05) is 6.92 Å². The molecule has 2 saturated heterocycles. The molecule has 0 amide bonds. The Morgan fingerprint density at radius 3 is 2.39 bits per heavy atom. The number of thioether (sulfide) groups is 1. The minimum absolute atomic E-state index is 0. The third-order valence-corrected chi connectivity index (χ3v) is 6.86. The Labute approximate surface area is 189 Å². The van der Waals surface area contributed by atoms with Gasteiger partial charge in [0, 0.05) is 63.4 Å². The molecule has 2 heterocycles. The van der Waals surface area contributed by atoms with E-state index >= 15 is 0 Å². The minimum Gasteiger partial charge on any atom is -0.381 e. The van der Waals surface area contributed by atoms with Crippen LogP contribution in [0.2, 0.25) is 0 Å². The smallest absolute Gasteiger partial charge is 0.193 e. The van der Waals surface area contributed by atoms with Gasteiger partial charge in [0.05, 0.1) is 0 Å². The van der Waals surface area contributed by atoms with Crippen LogP contribution in [0.3, 0.4) is 0 Å². The van der Waals surface area contributed by atoms with Crippen LogP contribution in [0.5, 0.6) is 0 Å². The lowest BCUT2D eigenvalue weighted by atomic mass is 9.99. The number of aliphatic imine (C=N–C) groups is 1. The summed E-state index contributed by atoms with van der Waals surface area (Å²) in [6.07, 6.45) is 2.18. The van der Waals surface area contributed by atoms with Crippen LogP contribution in [-0.2, 0) is 4.74 Å². The lowest BCUT2D eigenvalue weighted by molar-refractivity contribution is 0.0780. The van der Waals surface area contributed by atoms with Crippen molar-refractivity contribution in [3.63, 3.8) is 0 Å². The monoisotopic (exact) mass is 522 g/mol. The number of nitrogens with zero attached hydrogens (tertiary/aromatic N) is 3. The van der Waals surface area contributed by atoms with E-state index in [9.17, 15) is 4.39 Å². The summed E-state index contributed by atoms with van der Waals surface area (Å²) in [7, 11) is 1.86. The predicted molar refractivity (Wildman–Crippen MR) is 128 cm³/mol. The van der Waals surface area contributed by atoms with Crippen LogP contribution in [0.25, 0.3) is 0 Å². The van der Waals surface area contributed by atoms with E-state index < -0.39 is 0 Å². The number of hydrogen-bond acceptors (Lipinski definition) is 4. The summed E-state index contributed by atoms with van der Waals surface area (Å²) < 4.78 is 19.0. The van der Waals surface area contributed by atoms with Crippen molar-refractivity contribution < 1.29 is 9.13 Å². The molecule has 0 spiro atoms. The van der Waals surface area contributed by atoms with Crippen LogP contribution in [0.15, 0.2) is 29.3 Å². The fourth-order valence-electron chi connectivity index (χ4n) is 3.82. The Morgan fingerprint density at radius 1 is 1.18 bits per heavy atom. The molecule has 5 nitrogen and oxygen atoms in total. The number of halogens is 2. The third-order valence-electron chi connectivity index (χ3n) is 5.41. The molecule has 0 saturated carbocycles. The van der Waals surface area contributed by atoms with E-state index in [0.717, 1.165) is 76.2 Å². The quantitative estimate of drug-likeness (QED) is 0.365. The van der Waals surface area contributed by atoms with Gasteiger partial charge in [-0.25, -0.2) is 4.39 Å². The van der Waals surface area contributed by atoms with Crippen molar-refractivity contribution >= 4 is 47.4 Å². The fourth-order valence-corrected chi connectivity index (χ4v) is 5.06. The lowest BCUT2D eigenvalue weighted by Crippen LogP contribution is -2.55. The van der Waals surface area contributed by atoms with Crippen LogP contribution in [-0.4, -0.2) is 74.3 Å². The molecule has 0 radical (unpaired) electrons. The van der Waals surface area contributed by atoms with Gasteiger partial charge in [-0.3, -0.25) is 4.99 Å². The highest BCUT2D eigenvalue weighted by atomic mass is 127. The highest BCUT2D eigenvalue weighted by Crippen LogP contribution is 2.34. The van der Waals surface area contributed by atoms with Crippen LogP contribution < -0.4 is 10.2 Å². The molecule has 0 aliphatic carbocycles. The first-order valence-electron chi connectivity index (χ1n) is 9.83. The van der Waals surface area contributed by atoms with Crippen molar-refractivity contribution in [3.8, 4) is 0 Å². The van der Waals surface area contributed by atoms with Crippen molar-refractivity contribution in [2.24, 2.45) is 4.99 Å². The first-order valence-corrected chi connectivity index (χ1v) is 10.8. The number of anilines is 1. The van der Waals surface area contributed by atoms with Gasteiger partial charge in [-0.2, -0.15) is 11.8 Å². The number of guanidine groups is 1. The number of rotatable bonds is 5. The average molecular weight is 522 g/mol. The zero-order valence-corrected chi connectivity index (χ0v) is 20.0. The first-order chi connectivity index (χ1) is 13.2. The topological polar surface area (TPSA) is 40.1 Å². The summed E-state index contributed by atoms with van der Waals surface area (Å²) in [4.78, 5) is 9.14. The van der Waals surface area contributed by atoms with Gasteiger partial charge < -0.3 is 19.9 Å². The summed E-state index contributed by atoms with van der Waals surface area (Å²) in [6, 6.07) is 6.77. The largest absolute Gasteiger partial charge is 0.381 e. The second kappa shape index (κ2) is 11.4. The van der Waals surface area contributed by atoms with Gasteiger partial charge >= 0.3 is 0 Å². The van der Waals surface area contributed by atoms with Gasteiger partial charge in [-0.15, -0.1) is 24.0 Å². The Balaban J connectivity index is 0.00000280. The molecule has 0 bridgehead atoms. The van der Waals surface area contributed by atoms with E-state index in [4.69, 9.17) is 4.74 Å². The van der Waals surface area contributed by atoms with Gasteiger partial charge in [0.1, 0.15) is 5.82 Å². The normalized spacial score (nSPS) is 19.9. The Kier molecular flexibility index (Phi) is 9.62. The molecule has 158 valence electrons. The van der Waals surface area contributed by atoms with Crippen molar-refractivity contribution in [2.45, 2.75) is 24.5 Å². The van der Waals surface area contributed by atoms with Gasteiger partial charge in [-0.05, 0) is 42.9 Å².